The summed E-state index contributed by atoms with van der Waals surface area (Å²) < 4.78 is 24.7. The number of hydrogen-bond acceptors (Lipinski definition) is 3. The van der Waals surface area contributed by atoms with Crippen LogP contribution in [0.15, 0.2) is 59.5 Å². The van der Waals surface area contributed by atoms with Crippen LogP contribution in [-0.2, 0) is 15.6 Å². The Hall–Kier alpha value is -2.14. The van der Waals surface area contributed by atoms with Gasteiger partial charge in [-0.1, -0.05) is 30.3 Å². The SMILES string of the molecule is CCN(CC)C(=O)c1ccc(CS(=O)(=O)c2ccccc2)cc1. The maximum absolute atomic E-state index is 12.3. The van der Waals surface area contributed by atoms with E-state index in [1.54, 1.807) is 59.5 Å². The van der Waals surface area contributed by atoms with Crippen LogP contribution in [0.2, 0.25) is 0 Å². The first-order valence-electron chi connectivity index (χ1n) is 7.64. The Morgan fingerprint density at radius 1 is 0.913 bits per heavy atom. The number of hydrogen-bond donors (Lipinski definition) is 0. The molecule has 0 bridgehead atoms. The highest BCUT2D eigenvalue weighted by Gasteiger charge is 2.16. The van der Waals surface area contributed by atoms with Gasteiger partial charge in [-0.15, -0.1) is 0 Å². The minimum Gasteiger partial charge on any atom is -0.339 e. The summed E-state index contributed by atoms with van der Waals surface area (Å²) in [5.74, 6) is -0.107. The number of sulfone groups is 1. The third-order valence-corrected chi connectivity index (χ3v) is 5.41. The Morgan fingerprint density at radius 3 is 2.00 bits per heavy atom. The van der Waals surface area contributed by atoms with Crippen molar-refractivity contribution in [1.29, 1.82) is 0 Å². The van der Waals surface area contributed by atoms with Crippen molar-refractivity contribution in [2.24, 2.45) is 0 Å². The summed E-state index contributed by atoms with van der Waals surface area (Å²) in [6.45, 7) is 5.17. The van der Waals surface area contributed by atoms with Gasteiger partial charge in [0.05, 0.1) is 10.6 Å². The Kier molecular flexibility index (Phi) is 5.55. The Labute approximate surface area is 137 Å². The average molecular weight is 331 g/mol. The standard InChI is InChI=1S/C18H21NO3S/c1-3-19(4-2)18(20)16-12-10-15(11-13-16)14-23(21,22)17-8-6-5-7-9-17/h5-13H,3-4,14H2,1-2H3. The highest BCUT2D eigenvalue weighted by Crippen LogP contribution is 2.17. The van der Waals surface area contributed by atoms with Crippen molar-refractivity contribution < 1.29 is 13.2 Å². The molecule has 4 nitrogen and oxygen atoms in total. The van der Waals surface area contributed by atoms with Gasteiger partial charge in [-0.05, 0) is 43.7 Å². The number of benzene rings is 2. The van der Waals surface area contributed by atoms with E-state index in [0.29, 0.717) is 29.1 Å². The van der Waals surface area contributed by atoms with Crippen LogP contribution in [-0.4, -0.2) is 32.3 Å². The van der Waals surface area contributed by atoms with Gasteiger partial charge in [0.1, 0.15) is 0 Å². The molecule has 2 aromatic carbocycles. The molecule has 0 N–H and O–H groups in total. The molecule has 0 aliphatic rings. The van der Waals surface area contributed by atoms with E-state index in [2.05, 4.69) is 0 Å². The predicted molar refractivity (Wildman–Crippen MR) is 91.0 cm³/mol. The van der Waals surface area contributed by atoms with Crippen LogP contribution in [0.1, 0.15) is 29.8 Å². The zero-order chi connectivity index (χ0) is 16.9. The molecule has 5 heteroatoms. The van der Waals surface area contributed by atoms with E-state index in [9.17, 15) is 13.2 Å². The van der Waals surface area contributed by atoms with Gasteiger partial charge in [0.2, 0.25) is 0 Å². The maximum atomic E-state index is 12.3. The van der Waals surface area contributed by atoms with Gasteiger partial charge < -0.3 is 4.90 Å². The number of amides is 1. The molecular weight excluding hydrogens is 310 g/mol. The molecule has 122 valence electrons. The number of carbonyl (C=O) groups is 1. The highest BCUT2D eigenvalue weighted by atomic mass is 32.2. The molecule has 2 aromatic rings. The third-order valence-electron chi connectivity index (χ3n) is 3.71. The Bertz CT molecular complexity index is 749. The van der Waals surface area contributed by atoms with Crippen LogP contribution < -0.4 is 0 Å². The molecule has 0 radical (unpaired) electrons. The second kappa shape index (κ2) is 7.42. The molecule has 0 saturated heterocycles. The quantitative estimate of drug-likeness (QED) is 0.817. The number of carbonyl (C=O) groups excluding carboxylic acids is 1. The highest BCUT2D eigenvalue weighted by molar-refractivity contribution is 7.90. The molecule has 1 amide bonds. The van der Waals surface area contributed by atoms with E-state index in [0.717, 1.165) is 0 Å². The molecule has 0 aromatic heterocycles. The van der Waals surface area contributed by atoms with Crippen LogP contribution in [0, 0.1) is 0 Å². The molecule has 0 fully saturated rings. The lowest BCUT2D eigenvalue weighted by Crippen LogP contribution is -2.30. The summed E-state index contributed by atoms with van der Waals surface area (Å²) >= 11 is 0. The summed E-state index contributed by atoms with van der Waals surface area (Å²) in [4.78, 5) is 14.3. The zero-order valence-electron chi connectivity index (χ0n) is 13.4. The van der Waals surface area contributed by atoms with E-state index in [-0.39, 0.29) is 11.7 Å². The lowest BCUT2D eigenvalue weighted by Gasteiger charge is -2.18. The van der Waals surface area contributed by atoms with Crippen molar-refractivity contribution in [2.75, 3.05) is 13.1 Å². The number of nitrogens with zero attached hydrogens (tertiary/aromatic N) is 1. The van der Waals surface area contributed by atoms with Gasteiger partial charge in [0, 0.05) is 18.7 Å². The molecule has 2 rings (SSSR count). The fourth-order valence-corrected chi connectivity index (χ4v) is 3.74. The monoisotopic (exact) mass is 331 g/mol. The first kappa shape index (κ1) is 17.2. The van der Waals surface area contributed by atoms with Crippen molar-refractivity contribution in [3.63, 3.8) is 0 Å². The van der Waals surface area contributed by atoms with Gasteiger partial charge in [-0.2, -0.15) is 0 Å². The third kappa shape index (κ3) is 4.20. The van der Waals surface area contributed by atoms with E-state index in [4.69, 9.17) is 0 Å². The van der Waals surface area contributed by atoms with Crippen LogP contribution in [0.25, 0.3) is 0 Å². The minimum atomic E-state index is -3.37. The zero-order valence-corrected chi connectivity index (χ0v) is 14.2. The van der Waals surface area contributed by atoms with E-state index in [1.807, 2.05) is 13.8 Å². The van der Waals surface area contributed by atoms with Crippen molar-refractivity contribution in [3.8, 4) is 0 Å². The second-order valence-electron chi connectivity index (χ2n) is 5.25. The Morgan fingerprint density at radius 2 is 1.48 bits per heavy atom. The molecule has 0 unspecified atom stereocenters. The van der Waals surface area contributed by atoms with Gasteiger partial charge in [-0.25, -0.2) is 8.42 Å². The normalized spacial score (nSPS) is 11.2. The van der Waals surface area contributed by atoms with E-state index < -0.39 is 9.84 Å². The topological polar surface area (TPSA) is 54.5 Å². The molecule has 0 spiro atoms. The average Bonchev–Trinajstić information content (AvgIpc) is 2.57. The molecule has 0 saturated carbocycles. The first-order valence-corrected chi connectivity index (χ1v) is 9.29. The van der Waals surface area contributed by atoms with Crippen molar-refractivity contribution >= 4 is 15.7 Å². The molecule has 0 heterocycles. The smallest absolute Gasteiger partial charge is 0.253 e. The fraction of sp³-hybridized carbons (Fsp3) is 0.278. The van der Waals surface area contributed by atoms with E-state index in [1.165, 1.54) is 0 Å². The summed E-state index contributed by atoms with van der Waals surface area (Å²) in [6.07, 6.45) is 0. The van der Waals surface area contributed by atoms with Crippen LogP contribution >= 0.6 is 0 Å². The van der Waals surface area contributed by atoms with Gasteiger partial charge >= 0.3 is 0 Å². The predicted octanol–water partition coefficient (Wildman–Crippen LogP) is 3.14. The van der Waals surface area contributed by atoms with Gasteiger partial charge in [0.25, 0.3) is 5.91 Å². The van der Waals surface area contributed by atoms with Crippen molar-refractivity contribution in [2.45, 2.75) is 24.5 Å². The number of rotatable bonds is 6. The summed E-state index contributed by atoms with van der Waals surface area (Å²) in [6, 6.07) is 15.2. The lowest BCUT2D eigenvalue weighted by molar-refractivity contribution is 0.0773. The van der Waals surface area contributed by atoms with Crippen molar-refractivity contribution in [3.05, 3.63) is 65.7 Å². The molecule has 23 heavy (non-hydrogen) atoms. The summed E-state index contributed by atoms with van der Waals surface area (Å²) in [5, 5.41) is 0. The molecule has 0 aliphatic carbocycles. The van der Waals surface area contributed by atoms with Gasteiger partial charge in [0.15, 0.2) is 9.84 Å². The molecular formula is C18H21NO3S. The molecule has 0 aliphatic heterocycles. The van der Waals surface area contributed by atoms with Crippen LogP contribution in [0.4, 0.5) is 0 Å². The second-order valence-corrected chi connectivity index (χ2v) is 7.24. The van der Waals surface area contributed by atoms with Gasteiger partial charge in [-0.3, -0.25) is 4.79 Å². The van der Waals surface area contributed by atoms with Crippen LogP contribution in [0.5, 0.6) is 0 Å². The largest absolute Gasteiger partial charge is 0.339 e. The van der Waals surface area contributed by atoms with Crippen molar-refractivity contribution in [1.82, 2.24) is 4.90 Å². The summed E-state index contributed by atoms with van der Waals surface area (Å²) in [5.41, 5.74) is 1.25. The lowest BCUT2D eigenvalue weighted by atomic mass is 10.1. The van der Waals surface area contributed by atoms with Crippen LogP contribution in [0.3, 0.4) is 0 Å². The first-order chi connectivity index (χ1) is 11.0. The summed E-state index contributed by atoms with van der Waals surface area (Å²) in [7, 11) is -3.37. The fourth-order valence-electron chi connectivity index (χ4n) is 2.37. The molecule has 0 atom stereocenters. The maximum Gasteiger partial charge on any atom is 0.253 e. The van der Waals surface area contributed by atoms with E-state index >= 15 is 0 Å². The minimum absolute atomic E-state index is 0.0348. The Balaban J connectivity index is 2.16.